The molecule has 1 unspecified atom stereocenters. The van der Waals surface area contributed by atoms with Gasteiger partial charge < -0.3 is 10.6 Å². The normalized spacial score (nSPS) is 20.2. The Morgan fingerprint density at radius 2 is 2.12 bits per heavy atom. The molecule has 4 nitrogen and oxygen atoms in total. The highest BCUT2D eigenvalue weighted by molar-refractivity contribution is 5.31. The van der Waals surface area contributed by atoms with Crippen molar-refractivity contribution in [3.05, 3.63) is 18.0 Å². The first-order valence-corrected chi connectivity index (χ1v) is 6.46. The molecule has 0 amide bonds. The van der Waals surface area contributed by atoms with E-state index in [-0.39, 0.29) is 0 Å². The SMILES string of the molecule is CC(C)C1CCN(c2ncc(CCN)cn2)C1. The largest absolute Gasteiger partial charge is 0.341 e. The fourth-order valence-electron chi connectivity index (χ4n) is 2.32. The molecule has 1 atom stereocenters. The summed E-state index contributed by atoms with van der Waals surface area (Å²) < 4.78 is 0. The molecule has 2 N–H and O–H groups in total. The third-order valence-corrected chi connectivity index (χ3v) is 3.58. The van der Waals surface area contributed by atoms with E-state index in [2.05, 4.69) is 28.7 Å². The number of hydrogen-bond acceptors (Lipinski definition) is 4. The average Bonchev–Trinajstić information content (AvgIpc) is 2.80. The zero-order valence-corrected chi connectivity index (χ0v) is 10.8. The second-order valence-electron chi connectivity index (χ2n) is 5.17. The van der Waals surface area contributed by atoms with Crippen molar-refractivity contribution in [3.63, 3.8) is 0 Å². The smallest absolute Gasteiger partial charge is 0.225 e. The zero-order valence-electron chi connectivity index (χ0n) is 10.8. The highest BCUT2D eigenvalue weighted by Crippen LogP contribution is 2.25. The highest BCUT2D eigenvalue weighted by Gasteiger charge is 2.26. The fraction of sp³-hybridized carbons (Fsp3) is 0.692. The third kappa shape index (κ3) is 2.94. The molecule has 94 valence electrons. The van der Waals surface area contributed by atoms with Crippen molar-refractivity contribution in [1.29, 1.82) is 0 Å². The Balaban J connectivity index is 1.99. The van der Waals surface area contributed by atoms with E-state index in [4.69, 9.17) is 5.73 Å². The van der Waals surface area contributed by atoms with Crippen molar-refractivity contribution >= 4 is 5.95 Å². The summed E-state index contributed by atoms with van der Waals surface area (Å²) in [5, 5.41) is 0. The Kier molecular flexibility index (Phi) is 3.94. The van der Waals surface area contributed by atoms with Crippen LogP contribution in [0.2, 0.25) is 0 Å². The summed E-state index contributed by atoms with van der Waals surface area (Å²) in [4.78, 5) is 11.2. The quantitative estimate of drug-likeness (QED) is 0.857. The van der Waals surface area contributed by atoms with Crippen LogP contribution in [0.4, 0.5) is 5.95 Å². The summed E-state index contributed by atoms with van der Waals surface area (Å²) in [6, 6.07) is 0. The average molecular weight is 234 g/mol. The van der Waals surface area contributed by atoms with Crippen molar-refractivity contribution in [2.24, 2.45) is 17.6 Å². The van der Waals surface area contributed by atoms with Gasteiger partial charge in [-0.05, 0) is 36.8 Å². The van der Waals surface area contributed by atoms with Crippen LogP contribution in [0.3, 0.4) is 0 Å². The van der Waals surface area contributed by atoms with Crippen LogP contribution in [-0.4, -0.2) is 29.6 Å². The van der Waals surface area contributed by atoms with Crippen LogP contribution in [0.15, 0.2) is 12.4 Å². The van der Waals surface area contributed by atoms with E-state index in [0.717, 1.165) is 42.9 Å². The van der Waals surface area contributed by atoms with Gasteiger partial charge in [-0.15, -0.1) is 0 Å². The summed E-state index contributed by atoms with van der Waals surface area (Å²) in [5.41, 5.74) is 6.63. The number of nitrogens with two attached hydrogens (primary N) is 1. The van der Waals surface area contributed by atoms with E-state index in [0.29, 0.717) is 6.54 Å². The Bertz CT molecular complexity index is 347. The van der Waals surface area contributed by atoms with E-state index in [1.165, 1.54) is 6.42 Å². The molecule has 1 aromatic rings. The first-order valence-electron chi connectivity index (χ1n) is 6.46. The molecular formula is C13H22N4. The van der Waals surface area contributed by atoms with Gasteiger partial charge in [-0.1, -0.05) is 13.8 Å². The molecule has 0 aromatic carbocycles. The molecule has 2 heterocycles. The summed E-state index contributed by atoms with van der Waals surface area (Å²) in [5.74, 6) is 2.40. The molecule has 1 fully saturated rings. The van der Waals surface area contributed by atoms with Crippen LogP contribution in [-0.2, 0) is 6.42 Å². The zero-order chi connectivity index (χ0) is 12.3. The number of hydrogen-bond donors (Lipinski definition) is 1. The molecule has 1 saturated heterocycles. The van der Waals surface area contributed by atoms with E-state index < -0.39 is 0 Å². The lowest BCUT2D eigenvalue weighted by Gasteiger charge is -2.17. The minimum Gasteiger partial charge on any atom is -0.341 e. The Morgan fingerprint density at radius 1 is 1.41 bits per heavy atom. The first kappa shape index (κ1) is 12.3. The van der Waals surface area contributed by atoms with Crippen molar-refractivity contribution in [2.45, 2.75) is 26.7 Å². The van der Waals surface area contributed by atoms with Gasteiger partial charge in [0, 0.05) is 25.5 Å². The van der Waals surface area contributed by atoms with Crippen LogP contribution in [0, 0.1) is 11.8 Å². The number of rotatable bonds is 4. The molecule has 1 aliphatic rings. The standard InChI is InChI=1S/C13H22N4/c1-10(2)12-4-6-17(9-12)13-15-7-11(3-5-14)8-16-13/h7-8,10,12H,3-6,9,14H2,1-2H3. The second-order valence-corrected chi connectivity index (χ2v) is 5.17. The lowest BCUT2D eigenvalue weighted by Crippen LogP contribution is -2.23. The molecule has 0 bridgehead atoms. The first-order chi connectivity index (χ1) is 8.20. The van der Waals surface area contributed by atoms with Crippen molar-refractivity contribution in [1.82, 2.24) is 9.97 Å². The molecule has 17 heavy (non-hydrogen) atoms. The van der Waals surface area contributed by atoms with Gasteiger partial charge in [-0.2, -0.15) is 0 Å². The topological polar surface area (TPSA) is 55.0 Å². The van der Waals surface area contributed by atoms with Gasteiger partial charge in [0.15, 0.2) is 0 Å². The molecule has 1 aromatic heterocycles. The third-order valence-electron chi connectivity index (χ3n) is 3.58. The minimum absolute atomic E-state index is 0.655. The molecule has 0 aliphatic carbocycles. The number of anilines is 1. The lowest BCUT2D eigenvalue weighted by atomic mass is 9.95. The minimum atomic E-state index is 0.655. The van der Waals surface area contributed by atoms with Crippen LogP contribution < -0.4 is 10.6 Å². The molecule has 0 spiro atoms. The van der Waals surface area contributed by atoms with Gasteiger partial charge in [0.1, 0.15) is 0 Å². The summed E-state index contributed by atoms with van der Waals surface area (Å²) >= 11 is 0. The van der Waals surface area contributed by atoms with Crippen molar-refractivity contribution < 1.29 is 0 Å². The van der Waals surface area contributed by atoms with E-state index in [9.17, 15) is 0 Å². The van der Waals surface area contributed by atoms with E-state index in [1.54, 1.807) is 0 Å². The monoisotopic (exact) mass is 234 g/mol. The highest BCUT2D eigenvalue weighted by atomic mass is 15.3. The predicted molar refractivity (Wildman–Crippen MR) is 69.9 cm³/mol. The molecule has 1 aliphatic heterocycles. The molecular weight excluding hydrogens is 212 g/mol. The second kappa shape index (κ2) is 5.45. The van der Waals surface area contributed by atoms with Gasteiger partial charge in [0.05, 0.1) is 0 Å². The van der Waals surface area contributed by atoms with Crippen LogP contribution >= 0.6 is 0 Å². The van der Waals surface area contributed by atoms with Gasteiger partial charge in [-0.25, -0.2) is 9.97 Å². The number of aromatic nitrogens is 2. The molecule has 2 rings (SSSR count). The van der Waals surface area contributed by atoms with Gasteiger partial charge in [0.2, 0.25) is 5.95 Å². The van der Waals surface area contributed by atoms with Gasteiger partial charge in [0.25, 0.3) is 0 Å². The molecule has 0 saturated carbocycles. The Morgan fingerprint density at radius 3 is 2.65 bits per heavy atom. The maximum atomic E-state index is 5.51. The fourth-order valence-corrected chi connectivity index (χ4v) is 2.32. The van der Waals surface area contributed by atoms with Gasteiger partial charge in [-0.3, -0.25) is 0 Å². The summed E-state index contributed by atoms with van der Waals surface area (Å²) in [6.07, 6.45) is 5.91. The van der Waals surface area contributed by atoms with Crippen LogP contribution in [0.1, 0.15) is 25.8 Å². The Labute approximate surface area is 103 Å². The van der Waals surface area contributed by atoms with Crippen LogP contribution in [0.5, 0.6) is 0 Å². The molecule has 4 heteroatoms. The summed E-state index contributed by atoms with van der Waals surface area (Å²) in [6.45, 7) is 7.41. The van der Waals surface area contributed by atoms with E-state index in [1.807, 2.05) is 12.4 Å². The maximum absolute atomic E-state index is 5.51. The number of nitrogens with zero attached hydrogens (tertiary/aromatic N) is 3. The Hall–Kier alpha value is -1.16. The van der Waals surface area contributed by atoms with Gasteiger partial charge >= 0.3 is 0 Å². The predicted octanol–water partition coefficient (Wildman–Crippen LogP) is 1.46. The van der Waals surface area contributed by atoms with Crippen LogP contribution in [0.25, 0.3) is 0 Å². The molecule has 0 radical (unpaired) electrons. The lowest BCUT2D eigenvalue weighted by molar-refractivity contribution is 0.422. The maximum Gasteiger partial charge on any atom is 0.225 e. The van der Waals surface area contributed by atoms with E-state index >= 15 is 0 Å². The summed E-state index contributed by atoms with van der Waals surface area (Å²) in [7, 11) is 0. The van der Waals surface area contributed by atoms with Crippen molar-refractivity contribution in [3.8, 4) is 0 Å². The van der Waals surface area contributed by atoms with Crippen molar-refractivity contribution in [2.75, 3.05) is 24.5 Å².